The van der Waals surface area contributed by atoms with Crippen LogP contribution in [0, 0.1) is 0 Å². The van der Waals surface area contributed by atoms with Crippen molar-refractivity contribution < 1.29 is 19.5 Å². The Hall–Kier alpha value is -1.79. The van der Waals surface area contributed by atoms with Crippen LogP contribution in [0.1, 0.15) is 26.2 Å². The summed E-state index contributed by atoms with van der Waals surface area (Å²) in [7, 11) is 1.52. The van der Waals surface area contributed by atoms with E-state index in [0.717, 1.165) is 12.8 Å². The number of hydrogen-bond acceptors (Lipinski definition) is 3. The molecule has 2 N–H and O–H groups in total. The Labute approximate surface area is 112 Å². The van der Waals surface area contributed by atoms with Gasteiger partial charge in [-0.2, -0.15) is 0 Å². The third kappa shape index (κ3) is 4.76. The van der Waals surface area contributed by atoms with Crippen LogP contribution in [0.3, 0.4) is 0 Å². The average Bonchev–Trinajstić information content (AvgIpc) is 3.19. The topological polar surface area (TPSA) is 90.0 Å². The number of amides is 3. The minimum absolute atomic E-state index is 0.00211. The molecule has 19 heavy (non-hydrogen) atoms. The third-order valence-electron chi connectivity index (χ3n) is 3.07. The molecule has 7 nitrogen and oxygen atoms in total. The molecule has 0 saturated heterocycles. The van der Waals surface area contributed by atoms with E-state index < -0.39 is 5.97 Å². The maximum atomic E-state index is 12.3. The first-order valence-corrected chi connectivity index (χ1v) is 6.47. The smallest absolute Gasteiger partial charge is 0.320 e. The summed E-state index contributed by atoms with van der Waals surface area (Å²) < 4.78 is 0. The fourth-order valence-electron chi connectivity index (χ4n) is 1.79. The highest BCUT2D eigenvalue weighted by Crippen LogP contribution is 2.27. The quantitative estimate of drug-likeness (QED) is 0.688. The lowest BCUT2D eigenvalue weighted by molar-refractivity contribution is -0.137. The molecule has 0 aromatic carbocycles. The van der Waals surface area contributed by atoms with Crippen LogP contribution in [0.5, 0.6) is 0 Å². The van der Waals surface area contributed by atoms with E-state index in [1.54, 1.807) is 11.8 Å². The van der Waals surface area contributed by atoms with Crippen molar-refractivity contribution in [3.05, 3.63) is 0 Å². The molecule has 0 atom stereocenters. The van der Waals surface area contributed by atoms with Crippen molar-refractivity contribution in [2.75, 3.05) is 26.7 Å². The molecule has 0 aromatic heterocycles. The zero-order valence-electron chi connectivity index (χ0n) is 11.4. The molecule has 1 aliphatic carbocycles. The van der Waals surface area contributed by atoms with Crippen molar-refractivity contribution in [1.29, 1.82) is 0 Å². The van der Waals surface area contributed by atoms with Gasteiger partial charge in [0.15, 0.2) is 0 Å². The van der Waals surface area contributed by atoms with Crippen LogP contribution in [0.15, 0.2) is 0 Å². The molecule has 0 bridgehead atoms. The Morgan fingerprint density at radius 1 is 1.32 bits per heavy atom. The van der Waals surface area contributed by atoms with E-state index in [-0.39, 0.29) is 37.5 Å². The van der Waals surface area contributed by atoms with Crippen LogP contribution in [0.4, 0.5) is 4.79 Å². The molecule has 0 aromatic rings. The van der Waals surface area contributed by atoms with Crippen molar-refractivity contribution >= 4 is 17.9 Å². The molecule has 7 heteroatoms. The molecule has 0 aliphatic heterocycles. The minimum atomic E-state index is -0.923. The van der Waals surface area contributed by atoms with Gasteiger partial charge >= 0.3 is 12.0 Å². The van der Waals surface area contributed by atoms with Gasteiger partial charge in [-0.05, 0) is 19.8 Å². The SMILES string of the molecule is CCN(CC(=O)NC)C(=O)N(CCC(=O)O)C1CC1. The predicted molar refractivity (Wildman–Crippen MR) is 68.7 cm³/mol. The normalized spacial score (nSPS) is 13.8. The molecular formula is C12H21N3O4. The maximum absolute atomic E-state index is 12.3. The first-order chi connectivity index (χ1) is 8.99. The second kappa shape index (κ2) is 6.96. The summed E-state index contributed by atoms with van der Waals surface area (Å²) in [5.74, 6) is -1.16. The number of aliphatic carboxylic acids is 1. The van der Waals surface area contributed by atoms with Gasteiger partial charge in [-0.15, -0.1) is 0 Å². The Morgan fingerprint density at radius 2 is 1.95 bits per heavy atom. The maximum Gasteiger partial charge on any atom is 0.320 e. The largest absolute Gasteiger partial charge is 0.481 e. The van der Waals surface area contributed by atoms with Gasteiger partial charge in [-0.3, -0.25) is 9.59 Å². The van der Waals surface area contributed by atoms with E-state index >= 15 is 0 Å². The lowest BCUT2D eigenvalue weighted by Gasteiger charge is -2.29. The molecule has 1 rings (SSSR count). The number of carboxylic acids is 1. The number of carbonyl (C=O) groups excluding carboxylic acids is 2. The number of carboxylic acid groups (broad SMARTS) is 1. The van der Waals surface area contributed by atoms with Gasteiger partial charge < -0.3 is 20.2 Å². The third-order valence-corrected chi connectivity index (χ3v) is 3.07. The van der Waals surface area contributed by atoms with E-state index in [4.69, 9.17) is 5.11 Å². The van der Waals surface area contributed by atoms with Gasteiger partial charge in [0.05, 0.1) is 6.42 Å². The summed E-state index contributed by atoms with van der Waals surface area (Å²) in [6, 6.07) is -0.125. The standard InChI is InChI=1S/C12H21N3O4/c1-3-14(8-10(16)13-2)12(19)15(9-4-5-9)7-6-11(17)18/h9H,3-8H2,1-2H3,(H,13,16)(H,17,18). The highest BCUT2D eigenvalue weighted by molar-refractivity contribution is 5.84. The summed E-state index contributed by atoms with van der Waals surface area (Å²) in [4.78, 5) is 37.3. The highest BCUT2D eigenvalue weighted by atomic mass is 16.4. The zero-order chi connectivity index (χ0) is 14.4. The lowest BCUT2D eigenvalue weighted by Crippen LogP contribution is -2.48. The molecule has 0 unspecified atom stereocenters. The fourth-order valence-corrected chi connectivity index (χ4v) is 1.79. The molecule has 1 saturated carbocycles. The second-order valence-electron chi connectivity index (χ2n) is 4.54. The van der Waals surface area contributed by atoms with Crippen molar-refractivity contribution in [2.45, 2.75) is 32.2 Å². The number of hydrogen-bond donors (Lipinski definition) is 2. The number of nitrogens with zero attached hydrogens (tertiary/aromatic N) is 2. The van der Waals surface area contributed by atoms with Gasteiger partial charge in [-0.25, -0.2) is 4.79 Å². The first-order valence-electron chi connectivity index (χ1n) is 6.47. The van der Waals surface area contributed by atoms with Gasteiger partial charge in [0.1, 0.15) is 6.54 Å². The highest BCUT2D eigenvalue weighted by Gasteiger charge is 2.34. The first kappa shape index (κ1) is 15.3. The van der Waals surface area contributed by atoms with Crippen LogP contribution < -0.4 is 5.32 Å². The number of nitrogens with one attached hydrogen (secondary N) is 1. The Balaban J connectivity index is 2.62. The van der Waals surface area contributed by atoms with Crippen LogP contribution in [-0.2, 0) is 9.59 Å². The van der Waals surface area contributed by atoms with E-state index in [1.807, 2.05) is 0 Å². The van der Waals surface area contributed by atoms with Gasteiger partial charge in [0.25, 0.3) is 0 Å². The van der Waals surface area contributed by atoms with E-state index in [2.05, 4.69) is 5.32 Å². The second-order valence-corrected chi connectivity index (χ2v) is 4.54. The number of urea groups is 1. The van der Waals surface area contributed by atoms with Crippen molar-refractivity contribution in [2.24, 2.45) is 0 Å². The monoisotopic (exact) mass is 271 g/mol. The molecule has 1 fully saturated rings. The fraction of sp³-hybridized carbons (Fsp3) is 0.750. The van der Waals surface area contributed by atoms with Crippen LogP contribution in [-0.4, -0.2) is 65.5 Å². The van der Waals surface area contributed by atoms with Crippen LogP contribution in [0.25, 0.3) is 0 Å². The lowest BCUT2D eigenvalue weighted by atomic mass is 10.3. The van der Waals surface area contributed by atoms with E-state index in [0.29, 0.717) is 6.54 Å². The van der Waals surface area contributed by atoms with E-state index in [1.165, 1.54) is 11.9 Å². The molecule has 0 spiro atoms. The minimum Gasteiger partial charge on any atom is -0.481 e. The van der Waals surface area contributed by atoms with E-state index in [9.17, 15) is 14.4 Å². The van der Waals surface area contributed by atoms with Crippen molar-refractivity contribution in [1.82, 2.24) is 15.1 Å². The molecule has 0 radical (unpaired) electrons. The molecule has 108 valence electrons. The number of likely N-dealkylation sites (N-methyl/N-ethyl adjacent to an activating group) is 2. The van der Waals surface area contributed by atoms with Gasteiger partial charge in [-0.1, -0.05) is 0 Å². The Morgan fingerprint density at radius 3 is 2.37 bits per heavy atom. The summed E-state index contributed by atoms with van der Waals surface area (Å²) >= 11 is 0. The van der Waals surface area contributed by atoms with Crippen LogP contribution >= 0.6 is 0 Å². The summed E-state index contributed by atoms with van der Waals surface area (Å²) in [5.41, 5.74) is 0. The summed E-state index contributed by atoms with van der Waals surface area (Å²) in [5, 5.41) is 11.2. The molecular weight excluding hydrogens is 250 g/mol. The zero-order valence-corrected chi connectivity index (χ0v) is 11.4. The van der Waals surface area contributed by atoms with Gasteiger partial charge in [0.2, 0.25) is 5.91 Å². The number of rotatable bonds is 7. The Bertz CT molecular complexity index is 355. The van der Waals surface area contributed by atoms with Crippen LogP contribution in [0.2, 0.25) is 0 Å². The van der Waals surface area contributed by atoms with Crippen molar-refractivity contribution in [3.8, 4) is 0 Å². The van der Waals surface area contributed by atoms with Gasteiger partial charge in [0, 0.05) is 26.2 Å². The molecule has 3 amide bonds. The average molecular weight is 271 g/mol. The summed E-state index contributed by atoms with van der Waals surface area (Å²) in [6.45, 7) is 2.41. The molecule has 1 aliphatic rings. The summed E-state index contributed by atoms with van der Waals surface area (Å²) in [6.07, 6.45) is 1.74. The predicted octanol–water partition coefficient (Wildman–Crippen LogP) is 0.113. The molecule has 0 heterocycles. The Kier molecular flexibility index (Phi) is 5.59. The number of carbonyl (C=O) groups is 3. The van der Waals surface area contributed by atoms with Crippen molar-refractivity contribution in [3.63, 3.8) is 0 Å².